The number of nitrogens with zero attached hydrogens (tertiary/aromatic N) is 4. The second kappa shape index (κ2) is 8.13. The van der Waals surface area contributed by atoms with Gasteiger partial charge in [-0.2, -0.15) is 0 Å². The van der Waals surface area contributed by atoms with Crippen LogP contribution < -0.4 is 11.2 Å². The first-order valence-electron chi connectivity index (χ1n) is 9.41. The zero-order valence-corrected chi connectivity index (χ0v) is 18.4. The molecular weight excluding hydrogens is 431 g/mol. The standard InChI is InChI=1S/C20H20Cl2N4O2S/c1-25-17-15(19(27)26(2)20(25)28)18(24-16(23-17)12-5-3-4-6-12)29-10-11-7-8-13(21)14(22)9-11/h7-9,12H,3-6,10H2,1-2H3. The number of fused-ring (bicyclic) bond motifs is 1. The molecular formula is C20H20Cl2N4O2S. The molecule has 6 nitrogen and oxygen atoms in total. The van der Waals surface area contributed by atoms with Gasteiger partial charge in [-0.3, -0.25) is 13.9 Å². The predicted octanol–water partition coefficient (Wildman–Crippen LogP) is 4.28. The summed E-state index contributed by atoms with van der Waals surface area (Å²) in [6.07, 6.45) is 4.35. The summed E-state index contributed by atoms with van der Waals surface area (Å²) in [6.45, 7) is 0. The molecule has 0 aliphatic heterocycles. The number of rotatable bonds is 4. The summed E-state index contributed by atoms with van der Waals surface area (Å²) in [4.78, 5) is 34.7. The maximum Gasteiger partial charge on any atom is 0.332 e. The Labute approximate surface area is 181 Å². The van der Waals surface area contributed by atoms with Crippen LogP contribution in [0.5, 0.6) is 0 Å². The van der Waals surface area contributed by atoms with E-state index in [9.17, 15) is 9.59 Å². The van der Waals surface area contributed by atoms with Crippen LogP contribution in [0.15, 0.2) is 32.8 Å². The van der Waals surface area contributed by atoms with Crippen molar-refractivity contribution in [2.75, 3.05) is 0 Å². The van der Waals surface area contributed by atoms with Crippen LogP contribution in [0, 0.1) is 0 Å². The molecule has 0 N–H and O–H groups in total. The molecule has 1 aliphatic rings. The molecule has 3 aromatic rings. The maximum atomic E-state index is 12.9. The normalized spacial score (nSPS) is 14.8. The van der Waals surface area contributed by atoms with E-state index < -0.39 is 0 Å². The first kappa shape index (κ1) is 20.4. The highest BCUT2D eigenvalue weighted by Gasteiger charge is 2.24. The first-order chi connectivity index (χ1) is 13.9. The third-order valence-corrected chi connectivity index (χ3v) is 7.15. The Morgan fingerprint density at radius 3 is 2.48 bits per heavy atom. The maximum absolute atomic E-state index is 12.9. The van der Waals surface area contributed by atoms with Crippen LogP contribution in [0.3, 0.4) is 0 Å². The number of halogens is 2. The Hall–Kier alpha value is -1.83. The Bertz CT molecular complexity index is 1220. The van der Waals surface area contributed by atoms with Crippen molar-refractivity contribution in [3.63, 3.8) is 0 Å². The van der Waals surface area contributed by atoms with Crippen LogP contribution in [0.4, 0.5) is 0 Å². The molecule has 1 fully saturated rings. The average molecular weight is 451 g/mol. The number of aromatic nitrogens is 4. The van der Waals surface area contributed by atoms with Crippen molar-refractivity contribution in [2.24, 2.45) is 14.1 Å². The highest BCUT2D eigenvalue weighted by atomic mass is 35.5. The Kier molecular flexibility index (Phi) is 5.73. The van der Waals surface area contributed by atoms with Crippen molar-refractivity contribution < 1.29 is 0 Å². The zero-order chi connectivity index (χ0) is 20.7. The smallest absolute Gasteiger partial charge is 0.280 e. The lowest BCUT2D eigenvalue weighted by Crippen LogP contribution is -2.38. The average Bonchev–Trinajstić information content (AvgIpc) is 3.25. The minimum absolute atomic E-state index is 0.267. The molecule has 0 radical (unpaired) electrons. The Morgan fingerprint density at radius 1 is 1.07 bits per heavy atom. The van der Waals surface area contributed by atoms with E-state index >= 15 is 0 Å². The molecule has 0 spiro atoms. The molecule has 0 bridgehead atoms. The molecule has 29 heavy (non-hydrogen) atoms. The molecule has 1 saturated carbocycles. The highest BCUT2D eigenvalue weighted by molar-refractivity contribution is 7.98. The van der Waals surface area contributed by atoms with E-state index in [4.69, 9.17) is 28.2 Å². The minimum Gasteiger partial charge on any atom is -0.280 e. The second-order valence-electron chi connectivity index (χ2n) is 7.31. The van der Waals surface area contributed by atoms with Crippen LogP contribution in [0.25, 0.3) is 11.0 Å². The van der Waals surface area contributed by atoms with Crippen LogP contribution in [-0.4, -0.2) is 19.1 Å². The zero-order valence-electron chi connectivity index (χ0n) is 16.1. The second-order valence-corrected chi connectivity index (χ2v) is 9.09. The lowest BCUT2D eigenvalue weighted by atomic mass is 10.1. The summed E-state index contributed by atoms with van der Waals surface area (Å²) in [5.41, 5.74) is 0.601. The summed E-state index contributed by atoms with van der Waals surface area (Å²) < 4.78 is 2.53. The fourth-order valence-electron chi connectivity index (χ4n) is 3.70. The largest absolute Gasteiger partial charge is 0.332 e. The number of hydrogen-bond donors (Lipinski definition) is 0. The van der Waals surface area contributed by atoms with E-state index in [1.807, 2.05) is 12.1 Å². The van der Waals surface area contributed by atoms with Gasteiger partial charge in [-0.1, -0.05) is 42.1 Å². The third kappa shape index (κ3) is 3.83. The molecule has 0 unspecified atom stereocenters. The van der Waals surface area contributed by atoms with Gasteiger partial charge < -0.3 is 0 Å². The van der Waals surface area contributed by atoms with Gasteiger partial charge in [-0.15, -0.1) is 11.8 Å². The summed E-state index contributed by atoms with van der Waals surface area (Å²) in [5, 5.41) is 1.96. The van der Waals surface area contributed by atoms with Gasteiger partial charge in [0, 0.05) is 25.8 Å². The summed E-state index contributed by atoms with van der Waals surface area (Å²) in [7, 11) is 3.12. The number of thioether (sulfide) groups is 1. The van der Waals surface area contributed by atoms with Crippen molar-refractivity contribution in [1.82, 2.24) is 19.1 Å². The van der Waals surface area contributed by atoms with E-state index in [2.05, 4.69) is 4.98 Å². The van der Waals surface area contributed by atoms with Crippen LogP contribution in [0.1, 0.15) is 43.0 Å². The van der Waals surface area contributed by atoms with Gasteiger partial charge in [-0.25, -0.2) is 14.8 Å². The van der Waals surface area contributed by atoms with Crippen molar-refractivity contribution in [1.29, 1.82) is 0 Å². The molecule has 4 rings (SSSR count). The third-order valence-electron chi connectivity index (χ3n) is 5.36. The van der Waals surface area contributed by atoms with Crippen LogP contribution >= 0.6 is 35.0 Å². The number of hydrogen-bond acceptors (Lipinski definition) is 5. The molecule has 2 heterocycles. The topological polar surface area (TPSA) is 69.8 Å². The molecule has 2 aromatic heterocycles. The van der Waals surface area contributed by atoms with E-state index in [0.29, 0.717) is 31.9 Å². The first-order valence-corrected chi connectivity index (χ1v) is 11.2. The van der Waals surface area contributed by atoms with Crippen LogP contribution in [-0.2, 0) is 19.8 Å². The SMILES string of the molecule is Cn1c(=O)c2c(SCc3ccc(Cl)c(Cl)c3)nc(C3CCCC3)nc2n(C)c1=O. The Morgan fingerprint density at radius 2 is 1.79 bits per heavy atom. The van der Waals surface area contributed by atoms with E-state index in [-0.39, 0.29) is 17.2 Å². The van der Waals surface area contributed by atoms with Gasteiger partial charge in [0.05, 0.1) is 10.0 Å². The van der Waals surface area contributed by atoms with E-state index in [1.54, 1.807) is 13.1 Å². The van der Waals surface area contributed by atoms with Crippen LogP contribution in [0.2, 0.25) is 10.0 Å². The van der Waals surface area contributed by atoms with Crippen molar-refractivity contribution in [3.05, 3.63) is 60.5 Å². The van der Waals surface area contributed by atoms with Gasteiger partial charge in [0.25, 0.3) is 5.56 Å². The molecule has 1 aliphatic carbocycles. The van der Waals surface area contributed by atoms with E-state index in [0.717, 1.165) is 41.6 Å². The quantitative estimate of drug-likeness (QED) is 0.438. The number of aryl methyl sites for hydroxylation is 1. The van der Waals surface area contributed by atoms with E-state index in [1.165, 1.54) is 23.4 Å². The van der Waals surface area contributed by atoms with Gasteiger partial charge >= 0.3 is 5.69 Å². The molecule has 9 heteroatoms. The van der Waals surface area contributed by atoms with Gasteiger partial charge in [-0.05, 0) is 30.5 Å². The monoisotopic (exact) mass is 450 g/mol. The lowest BCUT2D eigenvalue weighted by Gasteiger charge is -2.14. The molecule has 0 saturated heterocycles. The van der Waals surface area contributed by atoms with Gasteiger partial charge in [0.1, 0.15) is 16.2 Å². The lowest BCUT2D eigenvalue weighted by molar-refractivity contribution is 0.648. The Balaban J connectivity index is 1.84. The summed E-state index contributed by atoms with van der Waals surface area (Å²) >= 11 is 13.6. The van der Waals surface area contributed by atoms with Crippen molar-refractivity contribution >= 4 is 46.0 Å². The highest BCUT2D eigenvalue weighted by Crippen LogP contribution is 2.35. The van der Waals surface area contributed by atoms with Gasteiger partial charge in [0.2, 0.25) is 0 Å². The van der Waals surface area contributed by atoms with Crippen molar-refractivity contribution in [2.45, 2.75) is 42.4 Å². The molecule has 0 atom stereocenters. The van der Waals surface area contributed by atoms with Gasteiger partial charge in [0.15, 0.2) is 5.65 Å². The fourth-order valence-corrected chi connectivity index (χ4v) is 4.98. The molecule has 152 valence electrons. The summed E-state index contributed by atoms with van der Waals surface area (Å²) in [6, 6.07) is 5.47. The fraction of sp³-hybridized carbons (Fsp3) is 0.400. The number of benzene rings is 1. The summed E-state index contributed by atoms with van der Waals surface area (Å²) in [5.74, 6) is 1.55. The molecule has 1 aromatic carbocycles. The predicted molar refractivity (Wildman–Crippen MR) is 117 cm³/mol. The van der Waals surface area contributed by atoms with Crippen molar-refractivity contribution in [3.8, 4) is 0 Å². The minimum atomic E-state index is -0.390. The molecule has 0 amide bonds.